The van der Waals surface area contributed by atoms with Crippen LogP contribution >= 0.6 is 27.5 Å². The number of halogens is 2. The summed E-state index contributed by atoms with van der Waals surface area (Å²) in [6, 6.07) is 1.56. The van der Waals surface area contributed by atoms with E-state index in [9.17, 15) is 34.5 Å². The first-order valence-electron chi connectivity index (χ1n) is 9.91. The lowest BCUT2D eigenvalue weighted by Gasteiger charge is -2.41. The highest BCUT2D eigenvalue weighted by Crippen LogP contribution is 2.51. The molecule has 3 aliphatic rings. The maximum Gasteiger partial charge on any atom is 0.255 e. The number of Topliss-reactive ketones (excluding diaryl/α,β-unsaturated/α-hetero) is 3. The van der Waals surface area contributed by atoms with E-state index in [0.717, 1.165) is 0 Å². The molecule has 3 unspecified atom stereocenters. The number of aliphatic hydroxyl groups is 2. The zero-order valence-corrected chi connectivity index (χ0v) is 19.0. The van der Waals surface area contributed by atoms with Crippen LogP contribution in [0.15, 0.2) is 23.0 Å². The number of rotatable bonds is 4. The van der Waals surface area contributed by atoms with Crippen molar-refractivity contribution in [2.75, 3.05) is 5.33 Å². The van der Waals surface area contributed by atoms with Crippen LogP contribution in [-0.2, 0) is 32.0 Å². The van der Waals surface area contributed by atoms with Gasteiger partial charge in [0.05, 0.1) is 16.8 Å². The van der Waals surface area contributed by atoms with E-state index in [4.69, 9.17) is 17.3 Å². The van der Waals surface area contributed by atoms with Crippen LogP contribution < -0.4 is 5.73 Å². The second-order valence-electron chi connectivity index (χ2n) is 8.32. The van der Waals surface area contributed by atoms with Gasteiger partial charge in [0.15, 0.2) is 11.6 Å². The van der Waals surface area contributed by atoms with Gasteiger partial charge in [0.25, 0.3) is 5.91 Å². The van der Waals surface area contributed by atoms with Crippen molar-refractivity contribution in [3.05, 3.63) is 44.7 Å². The van der Waals surface area contributed by atoms with E-state index in [-0.39, 0.29) is 57.8 Å². The van der Waals surface area contributed by atoms with Crippen LogP contribution in [0.25, 0.3) is 5.76 Å². The average molecular weight is 525 g/mol. The highest BCUT2D eigenvalue weighted by atomic mass is 79.9. The summed E-state index contributed by atoms with van der Waals surface area (Å²) in [6.07, 6.45) is 0.293. The third-order valence-electron chi connectivity index (χ3n) is 6.45. The van der Waals surface area contributed by atoms with Crippen molar-refractivity contribution >= 4 is 56.5 Å². The van der Waals surface area contributed by atoms with Crippen molar-refractivity contribution in [3.8, 4) is 5.75 Å². The molecule has 0 radical (unpaired) electrons. The number of aromatic hydroxyl groups is 1. The standard InChI is InChI=1S/C22H19BrClNO7/c23-6-10(26)5-11-12(24)3-8-1-7-2-9-4-13(27)17(22(25)32)21(31)16(9)20(30)15(7)19(29)14(8)18(11)28/h3,7,9,16,28-29,31H,1-2,4-6H2,(H2,25,32). The third kappa shape index (κ3) is 3.34. The normalized spacial score (nSPS) is 24.8. The minimum absolute atomic E-state index is 0.0128. The molecule has 0 spiro atoms. The Morgan fingerprint density at radius 2 is 1.88 bits per heavy atom. The Hall–Kier alpha value is -2.65. The summed E-state index contributed by atoms with van der Waals surface area (Å²) in [4.78, 5) is 49.1. The molecule has 32 heavy (non-hydrogen) atoms. The van der Waals surface area contributed by atoms with Crippen LogP contribution in [0, 0.1) is 17.8 Å². The monoisotopic (exact) mass is 523 g/mol. The van der Waals surface area contributed by atoms with Crippen molar-refractivity contribution in [2.24, 2.45) is 23.5 Å². The zero-order valence-electron chi connectivity index (χ0n) is 16.7. The predicted octanol–water partition coefficient (Wildman–Crippen LogP) is 2.47. The molecule has 5 N–H and O–H groups in total. The van der Waals surface area contributed by atoms with Crippen molar-refractivity contribution in [3.63, 3.8) is 0 Å². The Morgan fingerprint density at radius 1 is 1.19 bits per heavy atom. The van der Waals surface area contributed by atoms with Crippen LogP contribution in [0.1, 0.15) is 29.5 Å². The second-order valence-corrected chi connectivity index (χ2v) is 9.29. The predicted molar refractivity (Wildman–Crippen MR) is 117 cm³/mol. The van der Waals surface area contributed by atoms with E-state index >= 15 is 0 Å². The number of alkyl halides is 1. The van der Waals surface area contributed by atoms with Gasteiger partial charge in [-0.25, -0.2) is 0 Å². The number of carbonyl (C=O) groups excluding carboxylic acids is 4. The van der Waals surface area contributed by atoms with E-state index in [1.165, 1.54) is 0 Å². The summed E-state index contributed by atoms with van der Waals surface area (Å²) >= 11 is 9.35. The number of phenols is 1. The van der Waals surface area contributed by atoms with Crippen LogP contribution in [0.2, 0.25) is 5.02 Å². The lowest BCUT2D eigenvalue weighted by Crippen LogP contribution is -2.44. The molecule has 0 bridgehead atoms. The molecule has 0 heterocycles. The molecular formula is C22H19BrClNO7. The number of fused-ring (bicyclic) bond motifs is 3. The van der Waals surface area contributed by atoms with Crippen LogP contribution in [0.3, 0.4) is 0 Å². The van der Waals surface area contributed by atoms with E-state index in [1.54, 1.807) is 6.07 Å². The first kappa shape index (κ1) is 22.5. The number of ketones is 3. The summed E-state index contributed by atoms with van der Waals surface area (Å²) < 4.78 is 0. The number of nitrogens with two attached hydrogens (primary N) is 1. The summed E-state index contributed by atoms with van der Waals surface area (Å²) in [5.74, 6) is -6.25. The topological polar surface area (TPSA) is 155 Å². The molecule has 10 heteroatoms. The summed E-state index contributed by atoms with van der Waals surface area (Å²) in [5.41, 5.74) is 5.32. The fourth-order valence-electron chi connectivity index (χ4n) is 5.11. The Balaban J connectivity index is 1.85. The number of amides is 1. The molecule has 1 aromatic rings. The molecule has 1 saturated carbocycles. The Kier molecular flexibility index (Phi) is 5.67. The average Bonchev–Trinajstić information content (AvgIpc) is 2.69. The van der Waals surface area contributed by atoms with Crippen LogP contribution in [0.4, 0.5) is 0 Å². The number of hydrogen-bond donors (Lipinski definition) is 4. The number of benzene rings is 1. The highest BCUT2D eigenvalue weighted by Gasteiger charge is 2.50. The van der Waals surface area contributed by atoms with Gasteiger partial charge in [0.1, 0.15) is 28.6 Å². The first-order chi connectivity index (χ1) is 15.1. The summed E-state index contributed by atoms with van der Waals surface area (Å²) in [7, 11) is 0. The van der Waals surface area contributed by atoms with Crippen molar-refractivity contribution < 1.29 is 34.5 Å². The molecular weight excluding hydrogens is 506 g/mol. The summed E-state index contributed by atoms with van der Waals surface area (Å²) in [6.45, 7) is 0. The number of allylic oxidation sites excluding steroid dienone is 2. The van der Waals surface area contributed by atoms with E-state index in [0.29, 0.717) is 12.0 Å². The van der Waals surface area contributed by atoms with Gasteiger partial charge in [0, 0.05) is 29.0 Å². The van der Waals surface area contributed by atoms with E-state index < -0.39 is 52.3 Å². The van der Waals surface area contributed by atoms with Crippen molar-refractivity contribution in [1.29, 1.82) is 0 Å². The molecule has 1 fully saturated rings. The SMILES string of the molecule is NC(=O)C1=C(O)C2C(=O)C3=C(O)c4c(cc(Cl)c(CC(=O)CBr)c4O)CC3CC2CC1=O. The molecule has 0 saturated heterocycles. The molecule has 0 aromatic heterocycles. The van der Waals surface area contributed by atoms with E-state index in [2.05, 4.69) is 15.9 Å². The summed E-state index contributed by atoms with van der Waals surface area (Å²) in [5, 5.41) is 32.6. The molecule has 3 aliphatic carbocycles. The maximum absolute atomic E-state index is 13.3. The fourth-order valence-corrected chi connectivity index (χ4v) is 5.60. The van der Waals surface area contributed by atoms with Gasteiger partial charge in [-0.15, -0.1) is 0 Å². The van der Waals surface area contributed by atoms with Gasteiger partial charge in [0.2, 0.25) is 0 Å². The van der Waals surface area contributed by atoms with Gasteiger partial charge < -0.3 is 21.1 Å². The first-order valence-corrected chi connectivity index (χ1v) is 11.4. The minimum Gasteiger partial charge on any atom is -0.511 e. The van der Waals surface area contributed by atoms with Crippen LogP contribution in [-0.4, -0.2) is 43.9 Å². The third-order valence-corrected chi connectivity index (χ3v) is 7.42. The highest BCUT2D eigenvalue weighted by molar-refractivity contribution is 9.09. The minimum atomic E-state index is -1.17. The van der Waals surface area contributed by atoms with Gasteiger partial charge >= 0.3 is 0 Å². The van der Waals surface area contributed by atoms with Gasteiger partial charge in [-0.2, -0.15) is 0 Å². The second kappa shape index (κ2) is 8.04. The fraction of sp³-hybridized carbons (Fsp3) is 0.364. The zero-order chi connectivity index (χ0) is 23.5. The van der Waals surface area contributed by atoms with Crippen LogP contribution in [0.5, 0.6) is 5.75 Å². The van der Waals surface area contributed by atoms with Gasteiger partial charge in [-0.3, -0.25) is 19.2 Å². The number of carbonyl (C=O) groups is 4. The molecule has 0 aliphatic heterocycles. The number of phenolic OH excluding ortho intramolecular Hbond substituents is 1. The number of aliphatic hydroxyl groups excluding tert-OH is 2. The number of hydrogen-bond acceptors (Lipinski definition) is 7. The van der Waals surface area contributed by atoms with Crippen molar-refractivity contribution in [2.45, 2.75) is 25.7 Å². The van der Waals surface area contributed by atoms with Gasteiger partial charge in [-0.1, -0.05) is 27.5 Å². The molecule has 1 amide bonds. The molecule has 3 atom stereocenters. The lowest BCUT2D eigenvalue weighted by molar-refractivity contribution is -0.127. The number of primary amides is 1. The Morgan fingerprint density at radius 3 is 2.50 bits per heavy atom. The Labute approximate surface area is 195 Å². The molecule has 1 aromatic carbocycles. The maximum atomic E-state index is 13.3. The van der Waals surface area contributed by atoms with Crippen molar-refractivity contribution in [1.82, 2.24) is 0 Å². The molecule has 4 rings (SSSR count). The lowest BCUT2D eigenvalue weighted by atomic mass is 9.61. The smallest absolute Gasteiger partial charge is 0.255 e. The van der Waals surface area contributed by atoms with Gasteiger partial charge in [-0.05, 0) is 36.3 Å². The Bertz CT molecular complexity index is 1170. The van der Waals surface area contributed by atoms with E-state index in [1.807, 2.05) is 0 Å². The molecule has 168 valence electrons. The largest absolute Gasteiger partial charge is 0.511 e. The molecule has 8 nitrogen and oxygen atoms in total. The quantitative estimate of drug-likeness (QED) is 0.348.